The molecule has 96 valence electrons. The maximum Gasteiger partial charge on any atom is 0.316 e. The van der Waals surface area contributed by atoms with Gasteiger partial charge in [-0.05, 0) is 44.9 Å². The predicted octanol–water partition coefficient (Wildman–Crippen LogP) is 2.85. The molecule has 0 aliphatic rings. The average Bonchev–Trinajstić information content (AvgIpc) is 2.72. The van der Waals surface area contributed by atoms with E-state index in [-0.39, 0.29) is 11.9 Å². The van der Waals surface area contributed by atoms with E-state index in [1.54, 1.807) is 13.8 Å². The lowest BCUT2D eigenvalue weighted by Gasteiger charge is -2.06. The zero-order valence-corrected chi connectivity index (χ0v) is 11.2. The first-order chi connectivity index (χ1) is 8.52. The van der Waals surface area contributed by atoms with Gasteiger partial charge >= 0.3 is 5.97 Å². The molecule has 2 rings (SSSR count). The van der Waals surface area contributed by atoms with Gasteiger partial charge in [-0.15, -0.1) is 0 Å². The molecule has 0 radical (unpaired) electrons. The largest absolute Gasteiger partial charge is 0.465 e. The maximum absolute atomic E-state index is 11.7. The normalized spacial score (nSPS) is 12.7. The first-order valence-electron chi connectivity index (χ1n) is 6.16. The molecule has 0 aliphatic heterocycles. The summed E-state index contributed by atoms with van der Waals surface area (Å²) in [7, 11) is 0. The van der Waals surface area contributed by atoms with Gasteiger partial charge in [0.15, 0.2) is 0 Å². The van der Waals surface area contributed by atoms with Crippen molar-refractivity contribution in [3.63, 3.8) is 0 Å². The van der Waals surface area contributed by atoms with Crippen molar-refractivity contribution in [3.05, 3.63) is 29.1 Å². The molecule has 4 heteroatoms. The Bertz CT molecular complexity index is 587. The van der Waals surface area contributed by atoms with Crippen molar-refractivity contribution in [2.75, 3.05) is 6.61 Å². The van der Waals surface area contributed by atoms with E-state index >= 15 is 0 Å². The molecule has 0 fully saturated rings. The number of hydrogen-bond acceptors (Lipinski definition) is 3. The molecule has 1 aromatic carbocycles. The van der Waals surface area contributed by atoms with Gasteiger partial charge in [-0.25, -0.2) is 4.98 Å². The number of nitrogens with one attached hydrogen (secondary N) is 1. The zero-order chi connectivity index (χ0) is 13.3. The Kier molecular flexibility index (Phi) is 3.36. The van der Waals surface area contributed by atoms with E-state index in [1.165, 1.54) is 5.56 Å². The third kappa shape index (κ3) is 2.23. The number of aryl methyl sites for hydroxylation is 2. The summed E-state index contributed by atoms with van der Waals surface area (Å²) in [5.74, 6) is 0.0557. The molecule has 0 spiro atoms. The number of carbonyl (C=O) groups is 1. The molecular weight excluding hydrogens is 228 g/mol. The predicted molar refractivity (Wildman–Crippen MR) is 70.6 cm³/mol. The number of ether oxygens (including phenoxy) is 1. The lowest BCUT2D eigenvalue weighted by atomic mass is 10.1. The number of nitrogens with zero attached hydrogens (tertiary/aromatic N) is 1. The van der Waals surface area contributed by atoms with Crippen molar-refractivity contribution in [2.24, 2.45) is 0 Å². The van der Waals surface area contributed by atoms with Crippen molar-refractivity contribution in [1.82, 2.24) is 9.97 Å². The fourth-order valence-electron chi connectivity index (χ4n) is 2.07. The molecule has 1 atom stereocenters. The van der Waals surface area contributed by atoms with E-state index in [2.05, 4.69) is 16.0 Å². The van der Waals surface area contributed by atoms with E-state index < -0.39 is 0 Å². The first-order valence-corrected chi connectivity index (χ1v) is 6.16. The van der Waals surface area contributed by atoms with Gasteiger partial charge in [0.25, 0.3) is 0 Å². The van der Waals surface area contributed by atoms with Crippen LogP contribution in [0.5, 0.6) is 0 Å². The number of aromatic amines is 1. The van der Waals surface area contributed by atoms with Crippen molar-refractivity contribution in [2.45, 2.75) is 33.6 Å². The Hall–Kier alpha value is -1.84. The van der Waals surface area contributed by atoms with Gasteiger partial charge in [-0.3, -0.25) is 4.79 Å². The topological polar surface area (TPSA) is 55.0 Å². The van der Waals surface area contributed by atoms with Crippen molar-refractivity contribution in [3.8, 4) is 0 Å². The number of carbonyl (C=O) groups excluding carboxylic acids is 1. The fourth-order valence-corrected chi connectivity index (χ4v) is 2.07. The van der Waals surface area contributed by atoms with E-state index in [1.807, 2.05) is 19.9 Å². The van der Waals surface area contributed by atoms with Crippen molar-refractivity contribution < 1.29 is 9.53 Å². The van der Waals surface area contributed by atoms with E-state index in [0.29, 0.717) is 12.4 Å². The second kappa shape index (κ2) is 4.80. The van der Waals surface area contributed by atoms with Gasteiger partial charge in [0.1, 0.15) is 11.7 Å². The Morgan fingerprint density at radius 3 is 2.83 bits per heavy atom. The molecule has 1 unspecified atom stereocenters. The highest BCUT2D eigenvalue weighted by molar-refractivity contribution is 5.82. The smallest absolute Gasteiger partial charge is 0.316 e. The number of aromatic nitrogens is 2. The van der Waals surface area contributed by atoms with E-state index in [4.69, 9.17) is 4.74 Å². The summed E-state index contributed by atoms with van der Waals surface area (Å²) in [5.41, 5.74) is 4.19. The number of imidazole rings is 1. The number of fused-ring (bicyclic) bond motifs is 1. The number of H-pyrrole nitrogens is 1. The Morgan fingerprint density at radius 2 is 2.17 bits per heavy atom. The molecule has 0 saturated heterocycles. The van der Waals surface area contributed by atoms with Crippen LogP contribution in [0.25, 0.3) is 11.0 Å². The zero-order valence-electron chi connectivity index (χ0n) is 11.2. The van der Waals surface area contributed by atoms with Gasteiger partial charge in [0.05, 0.1) is 17.6 Å². The summed E-state index contributed by atoms with van der Waals surface area (Å²) in [4.78, 5) is 19.4. The quantitative estimate of drug-likeness (QED) is 0.847. The van der Waals surface area contributed by atoms with Crippen LogP contribution in [0, 0.1) is 13.8 Å². The first kappa shape index (κ1) is 12.6. The molecule has 4 nitrogen and oxygen atoms in total. The SMILES string of the molecule is CCOC(=O)C(C)c1nc2c(C)cc(C)cc2[nH]1. The Labute approximate surface area is 106 Å². The number of benzene rings is 1. The second-order valence-electron chi connectivity index (χ2n) is 4.57. The molecule has 0 bridgehead atoms. The van der Waals surface area contributed by atoms with Crippen LogP contribution in [0.4, 0.5) is 0 Å². The third-order valence-electron chi connectivity index (χ3n) is 2.99. The summed E-state index contributed by atoms with van der Waals surface area (Å²) in [5, 5.41) is 0. The summed E-state index contributed by atoms with van der Waals surface area (Å²) in [6, 6.07) is 4.12. The van der Waals surface area contributed by atoms with Crippen LogP contribution in [0.15, 0.2) is 12.1 Å². The maximum atomic E-state index is 11.7. The standard InChI is InChI=1S/C14H18N2O2/c1-5-18-14(17)10(4)13-15-11-7-8(2)6-9(3)12(11)16-13/h6-7,10H,5H2,1-4H3,(H,15,16). The summed E-state index contributed by atoms with van der Waals surface area (Å²) >= 11 is 0. The second-order valence-corrected chi connectivity index (χ2v) is 4.57. The molecule has 0 amide bonds. The van der Waals surface area contributed by atoms with Crippen LogP contribution in [0.2, 0.25) is 0 Å². The van der Waals surface area contributed by atoms with Crippen molar-refractivity contribution in [1.29, 1.82) is 0 Å². The lowest BCUT2D eigenvalue weighted by molar-refractivity contribution is -0.144. The highest BCUT2D eigenvalue weighted by Crippen LogP contribution is 2.22. The van der Waals surface area contributed by atoms with Gasteiger partial charge < -0.3 is 9.72 Å². The van der Waals surface area contributed by atoms with Crippen LogP contribution < -0.4 is 0 Å². The Balaban J connectivity index is 2.41. The molecule has 0 saturated carbocycles. The lowest BCUT2D eigenvalue weighted by Crippen LogP contribution is -2.14. The van der Waals surface area contributed by atoms with E-state index in [0.717, 1.165) is 16.6 Å². The number of esters is 1. The van der Waals surface area contributed by atoms with Crippen LogP contribution in [0.1, 0.15) is 36.7 Å². The van der Waals surface area contributed by atoms with Crippen LogP contribution in [-0.4, -0.2) is 22.5 Å². The summed E-state index contributed by atoms with van der Waals surface area (Å²) in [6.45, 7) is 8.06. The molecular formula is C14H18N2O2. The Morgan fingerprint density at radius 1 is 1.44 bits per heavy atom. The van der Waals surface area contributed by atoms with E-state index in [9.17, 15) is 4.79 Å². The minimum atomic E-state index is -0.364. The molecule has 1 aromatic heterocycles. The van der Waals surface area contributed by atoms with Crippen LogP contribution in [0.3, 0.4) is 0 Å². The van der Waals surface area contributed by atoms with Crippen molar-refractivity contribution >= 4 is 17.0 Å². The van der Waals surface area contributed by atoms with Gasteiger partial charge in [-0.1, -0.05) is 6.07 Å². The molecule has 1 heterocycles. The highest BCUT2D eigenvalue weighted by Gasteiger charge is 2.20. The molecule has 1 N–H and O–H groups in total. The number of rotatable bonds is 3. The van der Waals surface area contributed by atoms with Gasteiger partial charge in [0, 0.05) is 0 Å². The van der Waals surface area contributed by atoms with Gasteiger partial charge in [-0.2, -0.15) is 0 Å². The average molecular weight is 246 g/mol. The molecule has 0 aliphatic carbocycles. The monoisotopic (exact) mass is 246 g/mol. The molecule has 2 aromatic rings. The minimum Gasteiger partial charge on any atom is -0.465 e. The number of hydrogen-bond donors (Lipinski definition) is 1. The molecule has 18 heavy (non-hydrogen) atoms. The third-order valence-corrected chi connectivity index (χ3v) is 2.99. The minimum absolute atomic E-state index is 0.245. The highest BCUT2D eigenvalue weighted by atomic mass is 16.5. The van der Waals surface area contributed by atoms with Crippen LogP contribution in [-0.2, 0) is 9.53 Å². The summed E-state index contributed by atoms with van der Waals surface area (Å²) < 4.78 is 5.01. The van der Waals surface area contributed by atoms with Crippen LogP contribution >= 0.6 is 0 Å². The fraction of sp³-hybridized carbons (Fsp3) is 0.429. The summed E-state index contributed by atoms with van der Waals surface area (Å²) in [6.07, 6.45) is 0. The van der Waals surface area contributed by atoms with Gasteiger partial charge in [0.2, 0.25) is 0 Å².